The van der Waals surface area contributed by atoms with Crippen molar-refractivity contribution in [1.29, 1.82) is 0 Å². The Morgan fingerprint density at radius 3 is 2.52 bits per heavy atom. The van der Waals surface area contributed by atoms with E-state index in [4.69, 9.17) is 18.9 Å². The summed E-state index contributed by atoms with van der Waals surface area (Å²) < 4.78 is 22.5. The molecule has 25 heavy (non-hydrogen) atoms. The van der Waals surface area contributed by atoms with Crippen LogP contribution in [0.1, 0.15) is 5.56 Å². The van der Waals surface area contributed by atoms with Crippen LogP contribution in [-0.4, -0.2) is 71.4 Å². The van der Waals surface area contributed by atoms with Gasteiger partial charge in [0.1, 0.15) is 12.4 Å². The summed E-state index contributed by atoms with van der Waals surface area (Å²) in [6.45, 7) is 0.164. The zero-order valence-electron chi connectivity index (χ0n) is 14.0. The molecule has 0 spiro atoms. The standard InChI is InChI=1S/C17H24Br2O6/c1-22-11-24-15-14(18)13(7-20)25-17(9-21,16(15)19)10-23-8-12-5-3-2-4-6-12/h2-6,13-16,20-21H,7-11H2,1H3/t13-,14+,15+,16+,17-/m0/s1. The van der Waals surface area contributed by atoms with Crippen molar-refractivity contribution < 1.29 is 29.2 Å². The van der Waals surface area contributed by atoms with Crippen molar-refractivity contribution in [2.24, 2.45) is 0 Å². The Labute approximate surface area is 164 Å². The molecule has 6 nitrogen and oxygen atoms in total. The number of ether oxygens (including phenoxy) is 4. The number of aliphatic hydroxyl groups excluding tert-OH is 2. The van der Waals surface area contributed by atoms with Gasteiger partial charge in [0, 0.05) is 7.11 Å². The first-order chi connectivity index (χ1) is 12.1. The zero-order valence-corrected chi connectivity index (χ0v) is 17.2. The minimum atomic E-state index is -1.04. The van der Waals surface area contributed by atoms with E-state index in [1.165, 1.54) is 7.11 Å². The summed E-state index contributed by atoms with van der Waals surface area (Å²) >= 11 is 7.11. The SMILES string of the molecule is COCO[C@@H]1[C@H](Br)[C@H](CO)O[C@@](CO)(COCc2ccccc2)[C@@H]1Br. The van der Waals surface area contributed by atoms with Crippen LogP contribution < -0.4 is 0 Å². The first-order valence-corrected chi connectivity index (χ1v) is 9.81. The molecule has 2 rings (SSSR count). The normalized spacial score (nSPS) is 32.7. The smallest absolute Gasteiger partial charge is 0.146 e. The molecule has 0 unspecified atom stereocenters. The Bertz CT molecular complexity index is 505. The van der Waals surface area contributed by atoms with Gasteiger partial charge in [0.2, 0.25) is 0 Å². The molecule has 5 atom stereocenters. The van der Waals surface area contributed by atoms with Crippen LogP contribution in [0, 0.1) is 0 Å². The fourth-order valence-corrected chi connectivity index (χ4v) is 4.77. The maximum atomic E-state index is 10.0. The lowest BCUT2D eigenvalue weighted by Crippen LogP contribution is -2.65. The van der Waals surface area contributed by atoms with Crippen LogP contribution in [-0.2, 0) is 25.6 Å². The molecule has 142 valence electrons. The summed E-state index contributed by atoms with van der Waals surface area (Å²) in [5.41, 5.74) is -0.00742. The molecular weight excluding hydrogens is 460 g/mol. The van der Waals surface area contributed by atoms with Crippen molar-refractivity contribution in [1.82, 2.24) is 0 Å². The molecule has 0 amide bonds. The minimum Gasteiger partial charge on any atom is -0.394 e. The molecule has 1 fully saturated rings. The second-order valence-corrected chi connectivity index (χ2v) is 7.97. The molecule has 1 aliphatic heterocycles. The molecule has 1 aliphatic rings. The van der Waals surface area contributed by atoms with E-state index in [9.17, 15) is 10.2 Å². The Kier molecular flexibility index (Phi) is 8.77. The van der Waals surface area contributed by atoms with Crippen LogP contribution in [0.25, 0.3) is 0 Å². The Morgan fingerprint density at radius 1 is 1.20 bits per heavy atom. The van der Waals surface area contributed by atoms with Crippen LogP contribution in [0.2, 0.25) is 0 Å². The van der Waals surface area contributed by atoms with E-state index < -0.39 is 11.7 Å². The van der Waals surface area contributed by atoms with Crippen molar-refractivity contribution in [3.05, 3.63) is 35.9 Å². The Balaban J connectivity index is 2.08. The molecule has 1 saturated heterocycles. The number of hydrogen-bond donors (Lipinski definition) is 2. The first-order valence-electron chi connectivity index (χ1n) is 7.98. The number of halogens is 2. The van der Waals surface area contributed by atoms with Gasteiger partial charge in [-0.2, -0.15) is 0 Å². The van der Waals surface area contributed by atoms with Crippen molar-refractivity contribution in [2.75, 3.05) is 33.7 Å². The van der Waals surface area contributed by atoms with Gasteiger partial charge >= 0.3 is 0 Å². The topological polar surface area (TPSA) is 77.4 Å². The van der Waals surface area contributed by atoms with Crippen LogP contribution >= 0.6 is 31.9 Å². The summed E-state index contributed by atoms with van der Waals surface area (Å²) in [6, 6.07) is 9.76. The largest absolute Gasteiger partial charge is 0.394 e. The third-order valence-corrected chi connectivity index (χ3v) is 6.60. The lowest BCUT2D eigenvalue weighted by atomic mass is 9.90. The van der Waals surface area contributed by atoms with E-state index in [1.807, 2.05) is 30.3 Å². The fourth-order valence-electron chi connectivity index (χ4n) is 2.76. The van der Waals surface area contributed by atoms with E-state index in [0.717, 1.165) is 5.56 Å². The Morgan fingerprint density at radius 2 is 1.92 bits per heavy atom. The molecule has 0 radical (unpaired) electrons. The number of hydrogen-bond acceptors (Lipinski definition) is 6. The van der Waals surface area contributed by atoms with Gasteiger partial charge in [0.25, 0.3) is 0 Å². The van der Waals surface area contributed by atoms with Crippen molar-refractivity contribution in [3.8, 4) is 0 Å². The monoisotopic (exact) mass is 482 g/mol. The molecular formula is C17H24Br2O6. The van der Waals surface area contributed by atoms with Gasteiger partial charge in [0.15, 0.2) is 0 Å². The van der Waals surface area contributed by atoms with E-state index in [-0.39, 0.29) is 42.4 Å². The molecule has 2 N–H and O–H groups in total. The summed E-state index contributed by atoms with van der Waals surface area (Å²) in [6.07, 6.45) is -0.915. The predicted molar refractivity (Wildman–Crippen MR) is 100 cm³/mol. The van der Waals surface area contributed by atoms with Crippen molar-refractivity contribution in [2.45, 2.75) is 34.1 Å². The summed E-state index contributed by atoms with van der Waals surface area (Å²) in [5, 5.41) is 19.7. The number of methoxy groups -OCH3 is 1. The summed E-state index contributed by atoms with van der Waals surface area (Å²) in [4.78, 5) is -0.617. The van der Waals surface area contributed by atoms with Gasteiger partial charge in [-0.25, -0.2) is 0 Å². The maximum absolute atomic E-state index is 10.0. The number of rotatable bonds is 9. The van der Waals surface area contributed by atoms with E-state index in [2.05, 4.69) is 31.9 Å². The minimum absolute atomic E-state index is 0.0966. The zero-order chi connectivity index (χ0) is 18.3. The van der Waals surface area contributed by atoms with Crippen LogP contribution in [0.3, 0.4) is 0 Å². The fraction of sp³-hybridized carbons (Fsp3) is 0.647. The highest BCUT2D eigenvalue weighted by Gasteiger charge is 2.53. The molecule has 0 aliphatic carbocycles. The summed E-state index contributed by atoms with van der Waals surface area (Å²) in [5.74, 6) is 0. The summed E-state index contributed by atoms with van der Waals surface area (Å²) in [7, 11) is 1.54. The lowest BCUT2D eigenvalue weighted by Gasteiger charge is -2.49. The number of aliphatic hydroxyl groups is 2. The molecule has 0 aromatic heterocycles. The lowest BCUT2D eigenvalue weighted by molar-refractivity contribution is -0.217. The van der Waals surface area contributed by atoms with Crippen LogP contribution in [0.4, 0.5) is 0 Å². The molecule has 0 bridgehead atoms. The van der Waals surface area contributed by atoms with Crippen molar-refractivity contribution >= 4 is 31.9 Å². The third kappa shape index (κ3) is 5.23. The maximum Gasteiger partial charge on any atom is 0.146 e. The van der Waals surface area contributed by atoms with Crippen LogP contribution in [0.15, 0.2) is 30.3 Å². The molecule has 8 heteroatoms. The van der Waals surface area contributed by atoms with E-state index >= 15 is 0 Å². The highest BCUT2D eigenvalue weighted by atomic mass is 79.9. The second-order valence-electron chi connectivity index (χ2n) is 5.92. The van der Waals surface area contributed by atoms with Gasteiger partial charge < -0.3 is 29.2 Å². The van der Waals surface area contributed by atoms with Gasteiger partial charge in [-0.3, -0.25) is 0 Å². The molecule has 1 heterocycles. The number of benzene rings is 1. The predicted octanol–water partition coefficient (Wildman–Crippen LogP) is 1.84. The van der Waals surface area contributed by atoms with E-state index in [0.29, 0.717) is 6.61 Å². The van der Waals surface area contributed by atoms with Gasteiger partial charge in [-0.15, -0.1) is 0 Å². The van der Waals surface area contributed by atoms with Crippen molar-refractivity contribution in [3.63, 3.8) is 0 Å². The molecule has 1 aromatic rings. The molecule has 0 saturated carbocycles. The average molecular weight is 484 g/mol. The second kappa shape index (κ2) is 10.3. The highest BCUT2D eigenvalue weighted by Crippen LogP contribution is 2.39. The quantitative estimate of drug-likeness (QED) is 0.412. The van der Waals surface area contributed by atoms with E-state index in [1.54, 1.807) is 0 Å². The van der Waals surface area contributed by atoms with Gasteiger partial charge in [-0.1, -0.05) is 62.2 Å². The highest BCUT2D eigenvalue weighted by molar-refractivity contribution is 9.10. The Hall–Kier alpha value is -0.0600. The first kappa shape index (κ1) is 21.2. The third-order valence-electron chi connectivity index (χ3n) is 4.13. The van der Waals surface area contributed by atoms with Gasteiger partial charge in [0.05, 0.1) is 48.3 Å². The average Bonchev–Trinajstić information content (AvgIpc) is 2.64. The van der Waals surface area contributed by atoms with Gasteiger partial charge in [-0.05, 0) is 5.56 Å². The van der Waals surface area contributed by atoms with Crippen LogP contribution in [0.5, 0.6) is 0 Å². The molecule has 1 aromatic carbocycles. The number of alkyl halides is 2.